The number of halogens is 1. The Kier molecular flexibility index (Phi) is 4.73. The number of carbonyl (C=O) groups excluding carboxylic acids is 2. The molecule has 4 rings (SSSR count). The van der Waals surface area contributed by atoms with Gasteiger partial charge in [-0.25, -0.2) is 0 Å². The van der Waals surface area contributed by atoms with Crippen LogP contribution in [0.2, 0.25) is 5.02 Å². The molecule has 28 heavy (non-hydrogen) atoms. The van der Waals surface area contributed by atoms with E-state index in [-0.39, 0.29) is 11.4 Å². The van der Waals surface area contributed by atoms with E-state index in [1.165, 1.54) is 6.26 Å². The van der Waals surface area contributed by atoms with Crippen LogP contribution >= 0.6 is 11.6 Å². The van der Waals surface area contributed by atoms with Crippen LogP contribution in [0.3, 0.4) is 0 Å². The van der Waals surface area contributed by atoms with E-state index in [1.807, 2.05) is 29.2 Å². The number of amides is 2. The number of primary amides is 1. The van der Waals surface area contributed by atoms with Gasteiger partial charge in [0.25, 0.3) is 11.8 Å². The predicted octanol–water partition coefficient (Wildman–Crippen LogP) is 3.59. The van der Waals surface area contributed by atoms with Crippen molar-refractivity contribution in [2.45, 2.75) is 24.8 Å². The van der Waals surface area contributed by atoms with Gasteiger partial charge in [-0.05, 0) is 55.2 Å². The highest BCUT2D eigenvalue weighted by Gasteiger charge is 2.47. The molecule has 0 atom stereocenters. The minimum atomic E-state index is -0.491. The van der Waals surface area contributed by atoms with Gasteiger partial charge in [0.2, 0.25) is 0 Å². The fraction of sp³-hybridized carbons (Fsp3) is 0.238. The van der Waals surface area contributed by atoms with Gasteiger partial charge in [0.15, 0.2) is 6.73 Å². The van der Waals surface area contributed by atoms with Crippen molar-refractivity contribution in [1.29, 1.82) is 0 Å². The number of nitrogens with zero attached hydrogens (tertiary/aromatic N) is 1. The zero-order valence-corrected chi connectivity index (χ0v) is 15.9. The summed E-state index contributed by atoms with van der Waals surface area (Å²) in [6.45, 7) is 0.311. The van der Waals surface area contributed by atoms with Gasteiger partial charge in [0.1, 0.15) is 12.0 Å². The second-order valence-electron chi connectivity index (χ2n) is 7.02. The molecule has 144 valence electrons. The smallest absolute Gasteiger partial charge is 0.268 e. The maximum atomic E-state index is 12.4. The summed E-state index contributed by atoms with van der Waals surface area (Å²) < 4.78 is 5.36. The Balaban J connectivity index is 1.53. The highest BCUT2D eigenvalue weighted by molar-refractivity contribution is 6.31. The summed E-state index contributed by atoms with van der Waals surface area (Å²) >= 11 is 5.95. The summed E-state index contributed by atoms with van der Waals surface area (Å²) in [6, 6.07) is 14.5. The fourth-order valence-electron chi connectivity index (χ4n) is 3.79. The molecule has 2 aromatic carbocycles. The number of hydrogen-bond donors (Lipinski definition) is 2. The average molecular weight is 398 g/mol. The zero-order valence-electron chi connectivity index (χ0n) is 15.2. The van der Waals surface area contributed by atoms with Crippen molar-refractivity contribution < 1.29 is 14.3 Å². The maximum Gasteiger partial charge on any atom is 0.268 e. The Bertz CT molecular complexity index is 952. The second-order valence-corrected chi connectivity index (χ2v) is 7.45. The van der Waals surface area contributed by atoms with E-state index in [0.29, 0.717) is 28.7 Å². The molecule has 1 saturated carbocycles. The molecule has 1 aliphatic heterocycles. The lowest BCUT2D eigenvalue weighted by Crippen LogP contribution is -2.51. The summed E-state index contributed by atoms with van der Waals surface area (Å²) in [5.41, 5.74) is 7.85. The van der Waals surface area contributed by atoms with Crippen LogP contribution < -0.4 is 11.1 Å². The van der Waals surface area contributed by atoms with Crippen molar-refractivity contribution >= 4 is 29.1 Å². The van der Waals surface area contributed by atoms with Gasteiger partial charge in [0, 0.05) is 16.3 Å². The van der Waals surface area contributed by atoms with Crippen LogP contribution in [0.1, 0.15) is 35.2 Å². The van der Waals surface area contributed by atoms with E-state index >= 15 is 0 Å². The highest BCUT2D eigenvalue weighted by atomic mass is 35.5. The quantitative estimate of drug-likeness (QED) is 0.807. The molecule has 2 amide bonds. The summed E-state index contributed by atoms with van der Waals surface area (Å²) in [5.74, 6) is -0.713. The van der Waals surface area contributed by atoms with Crippen LogP contribution in [-0.2, 0) is 15.1 Å². The van der Waals surface area contributed by atoms with Crippen molar-refractivity contribution in [3.8, 4) is 0 Å². The summed E-state index contributed by atoms with van der Waals surface area (Å²) in [6.07, 6.45) is 4.32. The third-order valence-electron chi connectivity index (χ3n) is 5.41. The van der Waals surface area contributed by atoms with Crippen LogP contribution in [0.5, 0.6) is 0 Å². The number of nitrogens with two attached hydrogens (primary N) is 1. The van der Waals surface area contributed by atoms with E-state index in [1.54, 1.807) is 24.3 Å². The van der Waals surface area contributed by atoms with E-state index in [4.69, 9.17) is 22.1 Å². The molecular formula is C21H20ClN3O3. The molecule has 3 N–H and O–H groups in total. The molecule has 1 aliphatic carbocycles. The molecular weight excluding hydrogens is 378 g/mol. The summed E-state index contributed by atoms with van der Waals surface area (Å²) in [7, 11) is 0. The molecule has 2 aliphatic rings. The van der Waals surface area contributed by atoms with Gasteiger partial charge in [-0.1, -0.05) is 29.8 Å². The van der Waals surface area contributed by atoms with Crippen molar-refractivity contribution in [2.24, 2.45) is 5.73 Å². The van der Waals surface area contributed by atoms with Crippen LogP contribution in [0.25, 0.3) is 0 Å². The lowest BCUT2D eigenvalue weighted by atomic mass is 9.70. The number of nitrogens with one attached hydrogen (secondary N) is 1. The van der Waals surface area contributed by atoms with Crippen molar-refractivity contribution in [3.05, 3.63) is 76.6 Å². The van der Waals surface area contributed by atoms with Crippen LogP contribution in [0.4, 0.5) is 5.69 Å². The Morgan fingerprint density at radius 2 is 1.89 bits per heavy atom. The van der Waals surface area contributed by atoms with Gasteiger partial charge in [-0.3, -0.25) is 9.59 Å². The first kappa shape index (κ1) is 18.4. The molecule has 0 saturated heterocycles. The molecule has 1 fully saturated rings. The second kappa shape index (κ2) is 7.20. The predicted molar refractivity (Wildman–Crippen MR) is 106 cm³/mol. The lowest BCUT2D eigenvalue weighted by Gasteiger charge is -2.49. The number of anilines is 1. The highest BCUT2D eigenvalue weighted by Crippen LogP contribution is 2.49. The maximum absolute atomic E-state index is 12.4. The van der Waals surface area contributed by atoms with E-state index in [9.17, 15) is 9.59 Å². The topological polar surface area (TPSA) is 84.7 Å². The number of carbonyl (C=O) groups is 2. The number of hydrogen-bond acceptors (Lipinski definition) is 4. The number of rotatable bonds is 5. The molecule has 2 aromatic rings. The van der Waals surface area contributed by atoms with Gasteiger partial charge < -0.3 is 20.7 Å². The normalized spacial score (nSPS) is 17.3. The Morgan fingerprint density at radius 1 is 1.14 bits per heavy atom. The Labute approximate surface area is 167 Å². The molecule has 0 spiro atoms. The van der Waals surface area contributed by atoms with E-state index in [0.717, 1.165) is 24.8 Å². The van der Waals surface area contributed by atoms with E-state index < -0.39 is 5.91 Å². The van der Waals surface area contributed by atoms with Crippen LogP contribution in [0.15, 0.2) is 60.5 Å². The first-order chi connectivity index (χ1) is 13.5. The van der Waals surface area contributed by atoms with Crippen LogP contribution in [0, 0.1) is 0 Å². The molecule has 1 heterocycles. The minimum absolute atomic E-state index is 0.222. The first-order valence-corrected chi connectivity index (χ1v) is 9.44. The Hall–Kier alpha value is -2.99. The fourth-order valence-corrected chi connectivity index (χ4v) is 3.98. The molecule has 0 unspecified atom stereocenters. The first-order valence-electron chi connectivity index (χ1n) is 9.06. The van der Waals surface area contributed by atoms with Gasteiger partial charge in [-0.15, -0.1) is 0 Å². The van der Waals surface area contributed by atoms with E-state index in [2.05, 4.69) is 5.32 Å². The molecule has 0 aromatic heterocycles. The third kappa shape index (κ3) is 3.20. The van der Waals surface area contributed by atoms with Crippen molar-refractivity contribution in [3.63, 3.8) is 0 Å². The minimum Gasteiger partial charge on any atom is -0.478 e. The van der Waals surface area contributed by atoms with Crippen molar-refractivity contribution in [2.75, 3.05) is 12.0 Å². The van der Waals surface area contributed by atoms with Gasteiger partial charge in [-0.2, -0.15) is 0 Å². The molecule has 0 radical (unpaired) electrons. The SMILES string of the molecule is NC(=O)C1=COCN1C1(c2ccc(NC(=O)c3cccc(Cl)c3)cc2)CCC1. The number of benzene rings is 2. The summed E-state index contributed by atoms with van der Waals surface area (Å²) in [4.78, 5) is 26.1. The molecule has 7 heteroatoms. The van der Waals surface area contributed by atoms with Gasteiger partial charge >= 0.3 is 0 Å². The Morgan fingerprint density at radius 3 is 2.50 bits per heavy atom. The van der Waals surface area contributed by atoms with Crippen molar-refractivity contribution in [1.82, 2.24) is 4.90 Å². The summed E-state index contributed by atoms with van der Waals surface area (Å²) in [5, 5.41) is 3.39. The standard InChI is InChI=1S/C21H20ClN3O3/c22-16-4-1-3-14(11-16)20(27)24-17-7-5-15(6-8-17)21(9-2-10-21)25-13-28-12-18(25)19(23)26/h1,3-8,11-12H,2,9-10,13H2,(H2,23,26)(H,24,27). The van der Waals surface area contributed by atoms with Gasteiger partial charge in [0.05, 0.1) is 5.54 Å². The monoisotopic (exact) mass is 397 g/mol. The average Bonchev–Trinajstić information content (AvgIpc) is 3.12. The molecule has 0 bridgehead atoms. The molecule has 6 nitrogen and oxygen atoms in total. The zero-order chi connectivity index (χ0) is 19.7. The number of ether oxygens (including phenoxy) is 1. The largest absolute Gasteiger partial charge is 0.478 e. The van der Waals surface area contributed by atoms with Crippen LogP contribution in [-0.4, -0.2) is 23.4 Å². The lowest BCUT2D eigenvalue weighted by molar-refractivity contribution is -0.118. The third-order valence-corrected chi connectivity index (χ3v) is 5.64.